The number of sulfonamides is 1. The third-order valence-corrected chi connectivity index (χ3v) is 7.05. The Morgan fingerprint density at radius 3 is 2.35 bits per heavy atom. The van der Waals surface area contributed by atoms with Crippen molar-refractivity contribution in [2.75, 3.05) is 37.3 Å². The van der Waals surface area contributed by atoms with Crippen LogP contribution in [0.3, 0.4) is 0 Å². The monoisotopic (exact) mass is 506 g/mol. The van der Waals surface area contributed by atoms with Gasteiger partial charge >= 0.3 is 0 Å². The highest BCUT2D eigenvalue weighted by molar-refractivity contribution is 7.88. The van der Waals surface area contributed by atoms with Crippen LogP contribution in [-0.4, -0.2) is 65.1 Å². The summed E-state index contributed by atoms with van der Waals surface area (Å²) in [5.74, 6) is 1.31. The molecule has 2 aromatic heterocycles. The molecule has 34 heavy (non-hydrogen) atoms. The maximum absolute atomic E-state index is 13.3. The molecule has 1 aliphatic rings. The van der Waals surface area contributed by atoms with Crippen LogP contribution < -0.4 is 4.90 Å². The van der Waals surface area contributed by atoms with Crippen molar-refractivity contribution in [3.8, 4) is 0 Å². The molecule has 0 saturated carbocycles. The van der Waals surface area contributed by atoms with Crippen molar-refractivity contribution >= 4 is 28.2 Å². The molecule has 4 rings (SSSR count). The molecule has 1 atom stereocenters. The van der Waals surface area contributed by atoms with Crippen LogP contribution in [0.2, 0.25) is 0 Å². The van der Waals surface area contributed by atoms with Crippen LogP contribution in [-0.2, 0) is 22.9 Å². The zero-order valence-electron chi connectivity index (χ0n) is 19.1. The van der Waals surface area contributed by atoms with E-state index in [0.29, 0.717) is 44.8 Å². The molecule has 11 heteroatoms. The van der Waals surface area contributed by atoms with Crippen molar-refractivity contribution in [1.82, 2.24) is 24.2 Å². The average Bonchev–Trinajstić information content (AvgIpc) is 2.79. The Morgan fingerprint density at radius 1 is 1.03 bits per heavy atom. The van der Waals surface area contributed by atoms with E-state index in [4.69, 9.17) is 9.97 Å². The van der Waals surface area contributed by atoms with Crippen LogP contribution in [0.5, 0.6) is 0 Å². The van der Waals surface area contributed by atoms with Crippen molar-refractivity contribution in [2.24, 2.45) is 0 Å². The van der Waals surface area contributed by atoms with E-state index in [9.17, 15) is 12.8 Å². The molecule has 1 saturated heterocycles. The Hall–Kier alpha value is -2.69. The van der Waals surface area contributed by atoms with Gasteiger partial charge in [-0.25, -0.2) is 22.8 Å². The summed E-state index contributed by atoms with van der Waals surface area (Å²) in [5, 5.41) is 0. The van der Waals surface area contributed by atoms with E-state index in [1.807, 2.05) is 6.07 Å². The molecule has 3 aromatic rings. The van der Waals surface area contributed by atoms with Gasteiger partial charge in [-0.3, -0.25) is 9.97 Å². The minimum atomic E-state index is -3.21. The third-order valence-electron chi connectivity index (χ3n) is 5.75. The van der Waals surface area contributed by atoms with Crippen molar-refractivity contribution < 1.29 is 12.8 Å². The molecule has 0 unspecified atom stereocenters. The second-order valence-electron chi connectivity index (χ2n) is 8.31. The van der Waals surface area contributed by atoms with E-state index < -0.39 is 10.0 Å². The Labute approximate surface area is 205 Å². The van der Waals surface area contributed by atoms with Crippen LogP contribution in [0, 0.1) is 5.82 Å². The maximum Gasteiger partial charge on any atom is 0.211 e. The maximum atomic E-state index is 13.3. The highest BCUT2D eigenvalue weighted by Gasteiger charge is 2.25. The van der Waals surface area contributed by atoms with Crippen molar-refractivity contribution in [3.63, 3.8) is 0 Å². The summed E-state index contributed by atoms with van der Waals surface area (Å²) in [6.45, 7) is 4.02. The molecule has 0 radical (unpaired) electrons. The molecule has 0 aliphatic carbocycles. The normalized spacial score (nSPS) is 15.6. The predicted octanol–water partition coefficient (Wildman–Crippen LogP) is 2.85. The minimum absolute atomic E-state index is 0. The number of hydrogen-bond donors (Lipinski definition) is 0. The highest BCUT2D eigenvalue weighted by atomic mass is 35.5. The predicted molar refractivity (Wildman–Crippen MR) is 131 cm³/mol. The van der Waals surface area contributed by atoms with Gasteiger partial charge in [-0.2, -0.15) is 4.31 Å². The van der Waals surface area contributed by atoms with E-state index in [1.165, 1.54) is 22.7 Å². The molecule has 1 fully saturated rings. The number of nitrogens with zero attached hydrogens (tertiary/aromatic N) is 6. The zero-order valence-corrected chi connectivity index (χ0v) is 20.8. The lowest BCUT2D eigenvalue weighted by atomic mass is 9.97. The van der Waals surface area contributed by atoms with Gasteiger partial charge in [0, 0.05) is 63.7 Å². The van der Waals surface area contributed by atoms with Crippen molar-refractivity contribution in [2.45, 2.75) is 25.7 Å². The second kappa shape index (κ2) is 11.2. The largest absolute Gasteiger partial charge is 0.354 e. The molecule has 1 aliphatic heterocycles. The van der Waals surface area contributed by atoms with Gasteiger partial charge in [0.15, 0.2) is 0 Å². The van der Waals surface area contributed by atoms with Gasteiger partial charge in [0.05, 0.1) is 17.6 Å². The summed E-state index contributed by atoms with van der Waals surface area (Å²) in [5.41, 5.74) is 2.65. The SMILES string of the molecule is C[C@H](Cc1nc(Cc2cnccn2)cc(N2CCN(S(C)(=O)=O)CC2)n1)c1ccc(F)cc1.Cl. The number of benzene rings is 1. The number of halogens is 2. The summed E-state index contributed by atoms with van der Waals surface area (Å²) in [6.07, 6.45) is 7.35. The van der Waals surface area contributed by atoms with Gasteiger partial charge in [-0.1, -0.05) is 19.1 Å². The molecular weight excluding hydrogens is 479 g/mol. The molecule has 0 amide bonds. The fourth-order valence-corrected chi connectivity index (χ4v) is 4.75. The van der Waals surface area contributed by atoms with E-state index in [2.05, 4.69) is 21.8 Å². The van der Waals surface area contributed by atoms with Gasteiger partial charge in [-0.15, -0.1) is 12.4 Å². The first-order chi connectivity index (χ1) is 15.8. The first kappa shape index (κ1) is 25.9. The fourth-order valence-electron chi connectivity index (χ4n) is 3.92. The van der Waals surface area contributed by atoms with Gasteiger partial charge < -0.3 is 4.90 Å². The Bertz CT molecular complexity index is 1190. The molecule has 0 spiro atoms. The third kappa shape index (κ3) is 6.68. The topological polar surface area (TPSA) is 92.2 Å². The Balaban J connectivity index is 0.00000324. The zero-order chi connectivity index (χ0) is 23.4. The molecule has 8 nitrogen and oxygen atoms in total. The van der Waals surface area contributed by atoms with E-state index in [-0.39, 0.29) is 24.1 Å². The van der Waals surface area contributed by atoms with Crippen LogP contribution in [0.15, 0.2) is 48.9 Å². The van der Waals surface area contributed by atoms with Crippen LogP contribution >= 0.6 is 12.4 Å². The van der Waals surface area contributed by atoms with Gasteiger partial charge in [0.1, 0.15) is 17.5 Å². The molecule has 182 valence electrons. The van der Waals surface area contributed by atoms with E-state index >= 15 is 0 Å². The highest BCUT2D eigenvalue weighted by Crippen LogP contribution is 2.23. The molecule has 1 aromatic carbocycles. The van der Waals surface area contributed by atoms with Crippen LogP contribution in [0.4, 0.5) is 10.2 Å². The lowest BCUT2D eigenvalue weighted by Crippen LogP contribution is -2.48. The number of anilines is 1. The molecular formula is C23H28ClFN6O2S. The summed E-state index contributed by atoms with van der Waals surface area (Å²) >= 11 is 0. The Morgan fingerprint density at radius 2 is 1.74 bits per heavy atom. The first-order valence-corrected chi connectivity index (χ1v) is 12.7. The molecule has 0 bridgehead atoms. The quantitative estimate of drug-likeness (QED) is 0.486. The van der Waals surface area contributed by atoms with Gasteiger partial charge in [0.2, 0.25) is 10.0 Å². The number of hydrogen-bond acceptors (Lipinski definition) is 7. The van der Waals surface area contributed by atoms with Crippen LogP contribution in [0.1, 0.15) is 35.6 Å². The van der Waals surface area contributed by atoms with E-state index in [0.717, 1.165) is 22.8 Å². The second-order valence-corrected chi connectivity index (χ2v) is 10.3. The number of piperazine rings is 1. The van der Waals surface area contributed by atoms with Gasteiger partial charge in [-0.05, 0) is 23.6 Å². The molecule has 0 N–H and O–H groups in total. The standard InChI is InChI=1S/C23H27FN6O2S.ClH/c1-17(18-3-5-19(24)6-4-18)13-22-27-20(14-21-16-25-7-8-26-21)15-23(28-22)29-9-11-30(12-10-29)33(2,31)32;/h3-8,15-17H,9-14H2,1-2H3;1H/t17-;/m1./s1. The van der Waals surface area contributed by atoms with Gasteiger partial charge in [0.25, 0.3) is 0 Å². The number of rotatable bonds is 7. The minimum Gasteiger partial charge on any atom is -0.354 e. The summed E-state index contributed by atoms with van der Waals surface area (Å²) in [7, 11) is -3.21. The van der Waals surface area contributed by atoms with Crippen LogP contribution in [0.25, 0.3) is 0 Å². The number of aromatic nitrogens is 4. The van der Waals surface area contributed by atoms with Crippen molar-refractivity contribution in [3.05, 3.63) is 77.5 Å². The van der Waals surface area contributed by atoms with E-state index in [1.54, 1.807) is 30.7 Å². The summed E-state index contributed by atoms with van der Waals surface area (Å²) in [6, 6.07) is 8.44. The summed E-state index contributed by atoms with van der Waals surface area (Å²) < 4.78 is 38.5. The molecule has 3 heterocycles. The van der Waals surface area contributed by atoms with Crippen molar-refractivity contribution in [1.29, 1.82) is 0 Å². The summed E-state index contributed by atoms with van der Waals surface area (Å²) in [4.78, 5) is 20.2. The first-order valence-electron chi connectivity index (χ1n) is 10.8. The lowest BCUT2D eigenvalue weighted by molar-refractivity contribution is 0.386. The Kier molecular flexibility index (Phi) is 8.51. The smallest absolute Gasteiger partial charge is 0.211 e. The lowest BCUT2D eigenvalue weighted by Gasteiger charge is -2.34. The fraction of sp³-hybridized carbons (Fsp3) is 0.391. The average molecular weight is 507 g/mol.